The molecule has 32 heteroatoms. The van der Waals surface area contributed by atoms with Crippen LogP contribution in [-0.4, -0.2) is 193 Å². The Hall–Kier alpha value is -8.65. The van der Waals surface area contributed by atoms with E-state index in [-0.39, 0.29) is 100 Å². The van der Waals surface area contributed by atoms with Gasteiger partial charge in [-0.1, -0.05) is 32.9 Å². The lowest BCUT2D eigenvalue weighted by molar-refractivity contribution is -0.143. The third-order valence-corrected chi connectivity index (χ3v) is 13.7. The number of aliphatic hydroxyl groups is 2. The number of H-pyrrole nitrogens is 1. The molecule has 0 saturated carbocycles. The smallest absolute Gasteiger partial charge is 0.305 e. The fourth-order valence-corrected chi connectivity index (χ4v) is 9.18. The summed E-state index contributed by atoms with van der Waals surface area (Å²) in [5, 5.41) is 79.0. The largest absolute Gasteiger partial charge is 0.508 e. The van der Waals surface area contributed by atoms with Crippen LogP contribution in [0.25, 0.3) is 0 Å². The number of β-amino-alcohol motifs (C(OH)–C–C–N with tert-alkyl or cyclic N) is 1. The number of hydrogen-bond donors (Lipinski definition) is 20. The predicted octanol–water partition coefficient (Wildman–Crippen LogP) is -5.07. The van der Waals surface area contributed by atoms with Gasteiger partial charge in [0.2, 0.25) is 53.2 Å². The second-order valence-electron chi connectivity index (χ2n) is 21.4. The van der Waals surface area contributed by atoms with Gasteiger partial charge in [0.05, 0.1) is 30.7 Å². The number of carboxylic acid groups (broad SMARTS) is 1. The standard InChI is InChI=1S/C53H86N18O14/c1-27(2)19-36(43(55)77)66-44(78)35(11-8-18-62-53(58)59)65-46(80)37(20-30-12-14-32(73)15-13-30)67-45(79)34(10-5-6-16-54)64-47(81)39(23-41(75)76)69-50(84)42(29(4)72)70-48(82)38(21-31-24-60-26-63-31)68-49(83)40-22-33(74)25-71(40)51(85)28(3)9-7-17-61-52(56)57/h12-15,24,26-29,33-40,42,72-74H,5-11,16-23,25,54H2,1-4H3,(H2,55,77)(H,60,63)(H,64,81)(H,65,80)(H,66,78)(H,67,79)(H,68,83)(H,69,84)(H,70,82)(H,75,76)(H4,56,57,61)(H4,58,59,62)/t28-,29+,33?,34-,35-,36-,37-,38-,39-,40-,42-/m0/s1. The molecule has 2 heterocycles. The summed E-state index contributed by atoms with van der Waals surface area (Å²) >= 11 is 0. The molecule has 32 nitrogen and oxygen atoms in total. The van der Waals surface area contributed by atoms with Crippen LogP contribution in [0.4, 0.5) is 0 Å². The summed E-state index contributed by atoms with van der Waals surface area (Å²) in [6.45, 7) is 6.72. The summed E-state index contributed by atoms with van der Waals surface area (Å²) < 4.78 is 0. The number of hydrogen-bond acceptors (Lipinski definition) is 17. The summed E-state index contributed by atoms with van der Waals surface area (Å²) in [6, 6.07) is -6.71. The number of imidazole rings is 1. The van der Waals surface area contributed by atoms with Crippen LogP contribution in [0.5, 0.6) is 5.75 Å². The highest BCUT2D eigenvalue weighted by Crippen LogP contribution is 2.23. The fraction of sp³-hybridized carbons (Fsp3) is 0.604. The van der Waals surface area contributed by atoms with E-state index in [0.717, 1.165) is 6.92 Å². The quantitative estimate of drug-likeness (QED) is 0.0171. The van der Waals surface area contributed by atoms with Crippen molar-refractivity contribution in [3.05, 3.63) is 48.0 Å². The average Bonchev–Trinajstić information content (AvgIpc) is 3.05. The number of rotatable bonds is 37. The number of carbonyl (C=O) groups is 10. The number of nitrogens with zero attached hydrogens (tertiary/aromatic N) is 2. The number of primary amides is 1. The SMILES string of the molecule is CC(C)C[C@H](NC(=O)[C@H](CCCNC(=N)N)NC(=O)[C@H](Cc1ccc(O)cc1)NC(=O)[C@H](CCCCN)NC(=O)[C@H](CC(=O)O)NC(=O)[C@@H](NC(=O)[C@H](Cc1c[nH]cn1)NC(=O)[C@@H]1CC(O)CN1C(=O)[C@@H](C)CCCNC(=N)N)[C@@H](C)O)C(N)=O. The minimum Gasteiger partial charge on any atom is -0.508 e. The lowest BCUT2D eigenvalue weighted by atomic mass is 10.0. The van der Waals surface area contributed by atoms with Crippen LogP contribution in [0.1, 0.15) is 103 Å². The van der Waals surface area contributed by atoms with Gasteiger partial charge in [0.15, 0.2) is 11.9 Å². The van der Waals surface area contributed by atoms with Crippen LogP contribution in [0, 0.1) is 22.7 Å². The number of aliphatic carboxylic acids is 1. The summed E-state index contributed by atoms with van der Waals surface area (Å²) in [6.07, 6.45) is -0.590. The second-order valence-corrected chi connectivity index (χ2v) is 21.4. The van der Waals surface area contributed by atoms with Gasteiger partial charge in [-0.25, -0.2) is 4.98 Å². The lowest BCUT2D eigenvalue weighted by Crippen LogP contribution is -2.62. The van der Waals surface area contributed by atoms with Crippen molar-refractivity contribution in [3.63, 3.8) is 0 Å². The zero-order valence-electron chi connectivity index (χ0n) is 48.3. The first kappa shape index (κ1) is 70.6. The second kappa shape index (κ2) is 35.5. The van der Waals surface area contributed by atoms with Crippen LogP contribution in [0.15, 0.2) is 36.8 Å². The molecule has 1 aromatic carbocycles. The number of phenolic OH excluding ortho intramolecular Hbond substituents is 1. The number of aromatic hydroxyl groups is 1. The maximum atomic E-state index is 14.4. The summed E-state index contributed by atoms with van der Waals surface area (Å²) in [7, 11) is 0. The van der Waals surface area contributed by atoms with Gasteiger partial charge in [-0.3, -0.25) is 58.8 Å². The molecule has 1 saturated heterocycles. The fourth-order valence-electron chi connectivity index (χ4n) is 9.18. The van der Waals surface area contributed by atoms with Crippen molar-refractivity contribution in [2.75, 3.05) is 26.2 Å². The van der Waals surface area contributed by atoms with Crippen molar-refractivity contribution in [2.24, 2.45) is 34.8 Å². The van der Waals surface area contributed by atoms with E-state index in [4.69, 9.17) is 33.8 Å². The molecule has 1 aliphatic heterocycles. The summed E-state index contributed by atoms with van der Waals surface area (Å²) in [5.74, 6) is -11.5. The maximum absolute atomic E-state index is 14.4. The van der Waals surface area contributed by atoms with Crippen molar-refractivity contribution < 1.29 is 68.4 Å². The molecule has 1 aromatic heterocycles. The number of nitrogens with two attached hydrogens (primary N) is 4. The Balaban J connectivity index is 1.92. The Labute approximate surface area is 491 Å². The third-order valence-electron chi connectivity index (χ3n) is 13.7. The number of aromatic nitrogens is 2. The van der Waals surface area contributed by atoms with Crippen LogP contribution < -0.4 is 70.8 Å². The van der Waals surface area contributed by atoms with Crippen molar-refractivity contribution in [1.82, 2.24) is 62.7 Å². The summed E-state index contributed by atoms with van der Waals surface area (Å²) in [4.78, 5) is 145. The van der Waals surface area contributed by atoms with Crippen molar-refractivity contribution in [1.29, 1.82) is 10.8 Å². The molecule has 0 radical (unpaired) electrons. The highest BCUT2D eigenvalue weighted by Gasteiger charge is 2.42. The zero-order valence-corrected chi connectivity index (χ0v) is 48.3. The van der Waals surface area contributed by atoms with Crippen LogP contribution in [-0.2, 0) is 60.8 Å². The first-order chi connectivity index (χ1) is 40.1. The average molecular weight is 1200 g/mol. The molecule has 0 spiro atoms. The molecule has 2 aromatic rings. The highest BCUT2D eigenvalue weighted by molar-refractivity contribution is 5.99. The molecular weight excluding hydrogens is 1110 g/mol. The molecule has 3 rings (SSSR count). The Morgan fingerprint density at radius 2 is 1.20 bits per heavy atom. The number of guanidine groups is 2. The number of amides is 9. The number of phenols is 1. The minimum absolute atomic E-state index is 0.0694. The van der Waals surface area contributed by atoms with Gasteiger partial charge in [-0.2, -0.15) is 0 Å². The monoisotopic (exact) mass is 1200 g/mol. The molecular formula is C53H86N18O14. The first-order valence-electron chi connectivity index (χ1n) is 28.0. The van der Waals surface area contributed by atoms with E-state index in [1.807, 2.05) is 0 Å². The normalized spacial score (nSPS) is 17.0. The molecule has 0 bridgehead atoms. The number of aliphatic hydroxyl groups excluding tert-OH is 2. The van der Waals surface area contributed by atoms with Gasteiger partial charge in [0.1, 0.15) is 54.1 Å². The predicted molar refractivity (Wildman–Crippen MR) is 307 cm³/mol. The van der Waals surface area contributed by atoms with Crippen LogP contribution in [0.3, 0.4) is 0 Å². The number of nitrogens with one attached hydrogen (secondary N) is 12. The van der Waals surface area contributed by atoms with Gasteiger partial charge in [0, 0.05) is 51.0 Å². The minimum atomic E-state index is -2.00. The van der Waals surface area contributed by atoms with E-state index in [1.165, 1.54) is 41.7 Å². The van der Waals surface area contributed by atoms with Gasteiger partial charge >= 0.3 is 5.97 Å². The van der Waals surface area contributed by atoms with E-state index >= 15 is 0 Å². The number of aromatic amines is 1. The van der Waals surface area contributed by atoms with Crippen molar-refractivity contribution in [2.45, 2.75) is 165 Å². The highest BCUT2D eigenvalue weighted by atomic mass is 16.4. The molecule has 1 unspecified atom stereocenters. The zero-order chi connectivity index (χ0) is 63.5. The molecule has 85 heavy (non-hydrogen) atoms. The number of carbonyl (C=O) groups excluding carboxylic acids is 9. The molecule has 1 aliphatic rings. The molecule has 472 valence electrons. The Bertz CT molecular complexity index is 2590. The van der Waals surface area contributed by atoms with E-state index < -0.39 is 132 Å². The summed E-state index contributed by atoms with van der Waals surface area (Å²) in [5.41, 5.74) is 22.8. The van der Waals surface area contributed by atoms with Gasteiger partial charge < -0.3 is 101 Å². The molecule has 24 N–H and O–H groups in total. The van der Waals surface area contributed by atoms with E-state index in [0.29, 0.717) is 31.4 Å². The van der Waals surface area contributed by atoms with Gasteiger partial charge in [0.25, 0.3) is 0 Å². The van der Waals surface area contributed by atoms with E-state index in [9.17, 15) is 68.4 Å². The molecule has 9 amide bonds. The molecule has 11 atom stereocenters. The Morgan fingerprint density at radius 3 is 1.73 bits per heavy atom. The van der Waals surface area contributed by atoms with Crippen molar-refractivity contribution >= 4 is 71.1 Å². The Morgan fingerprint density at radius 1 is 0.682 bits per heavy atom. The van der Waals surface area contributed by atoms with Crippen molar-refractivity contribution in [3.8, 4) is 5.75 Å². The molecule has 1 fully saturated rings. The number of benzene rings is 1. The van der Waals surface area contributed by atoms with E-state index in [2.05, 4.69) is 57.8 Å². The Kier molecular flexibility index (Phi) is 29.5. The molecule has 0 aliphatic carbocycles. The van der Waals surface area contributed by atoms with Gasteiger partial charge in [-0.05, 0) is 88.4 Å². The van der Waals surface area contributed by atoms with Gasteiger partial charge in [-0.15, -0.1) is 0 Å². The third kappa shape index (κ3) is 25.0. The number of likely N-dealkylation sites (tertiary alicyclic amines) is 1. The lowest BCUT2D eigenvalue weighted by Gasteiger charge is -2.29. The topological polar surface area (TPSA) is 544 Å². The van der Waals surface area contributed by atoms with Crippen LogP contribution >= 0.6 is 0 Å². The first-order valence-corrected chi connectivity index (χ1v) is 28.0. The maximum Gasteiger partial charge on any atom is 0.305 e. The van der Waals surface area contributed by atoms with E-state index in [1.54, 1.807) is 20.8 Å². The number of carboxylic acids is 1. The van der Waals surface area contributed by atoms with Crippen LogP contribution in [0.2, 0.25) is 0 Å². The number of unbranched alkanes of at least 4 members (excludes halogenated alkanes) is 1.